The first-order valence-corrected chi connectivity index (χ1v) is 8.88. The predicted octanol–water partition coefficient (Wildman–Crippen LogP) is 2.81. The van der Waals surface area contributed by atoms with Crippen LogP contribution in [0.4, 0.5) is 0 Å². The summed E-state index contributed by atoms with van der Waals surface area (Å²) in [6.07, 6.45) is 5.16. The van der Waals surface area contributed by atoms with Crippen molar-refractivity contribution in [1.82, 2.24) is 9.80 Å². The van der Waals surface area contributed by atoms with E-state index >= 15 is 0 Å². The molecule has 2 fully saturated rings. The van der Waals surface area contributed by atoms with E-state index in [9.17, 15) is 5.11 Å². The fourth-order valence-electron chi connectivity index (χ4n) is 4.17. The van der Waals surface area contributed by atoms with Crippen molar-refractivity contribution in [3.05, 3.63) is 35.9 Å². The molecule has 3 heteroatoms. The Morgan fingerprint density at radius 3 is 2.41 bits per heavy atom. The maximum absolute atomic E-state index is 10.9. The Balaban J connectivity index is 0.00000192. The molecule has 0 bridgehead atoms. The van der Waals surface area contributed by atoms with Crippen LogP contribution >= 0.6 is 0 Å². The van der Waals surface area contributed by atoms with E-state index in [4.69, 9.17) is 0 Å². The number of nitrogens with zero attached hydrogens (tertiary/aromatic N) is 2. The van der Waals surface area contributed by atoms with Crippen LogP contribution < -0.4 is 0 Å². The van der Waals surface area contributed by atoms with Crippen molar-refractivity contribution in [1.29, 1.82) is 0 Å². The Hall–Kier alpha value is -0.900. The van der Waals surface area contributed by atoms with Crippen LogP contribution in [0.3, 0.4) is 0 Å². The summed E-state index contributed by atoms with van der Waals surface area (Å²) in [4.78, 5) is 4.98. The topological polar surface area (TPSA) is 26.7 Å². The lowest BCUT2D eigenvalue weighted by atomic mass is 9.81. The van der Waals surface area contributed by atoms with Gasteiger partial charge in [-0.25, -0.2) is 0 Å². The Bertz CT molecular complexity index is 448. The third-order valence-electron chi connectivity index (χ3n) is 5.37. The van der Waals surface area contributed by atoms with Gasteiger partial charge in [-0.1, -0.05) is 43.2 Å². The van der Waals surface area contributed by atoms with Crippen LogP contribution in [0.15, 0.2) is 30.3 Å². The van der Waals surface area contributed by atoms with E-state index < -0.39 is 0 Å². The molecule has 0 aromatic heterocycles. The van der Waals surface area contributed by atoms with Crippen LogP contribution in [0.25, 0.3) is 0 Å². The Kier molecular flexibility index (Phi) is 5.51. The molecule has 3 rings (SSSR count). The molecule has 0 saturated carbocycles. The molecule has 0 amide bonds. The van der Waals surface area contributed by atoms with Gasteiger partial charge in [0.2, 0.25) is 0 Å². The minimum atomic E-state index is -0.221. The number of benzene rings is 1. The van der Waals surface area contributed by atoms with Crippen LogP contribution in [0.1, 0.15) is 38.6 Å². The largest absolute Gasteiger partial charge is 0.392 e. The summed E-state index contributed by atoms with van der Waals surface area (Å²) >= 11 is 0. The molecule has 1 aromatic rings. The van der Waals surface area contributed by atoms with E-state index in [-0.39, 0.29) is 13.4 Å². The molecular formula is C19H32N2O. The van der Waals surface area contributed by atoms with Gasteiger partial charge in [0.15, 0.2) is 0 Å². The number of piperidine rings is 1. The maximum atomic E-state index is 10.9. The van der Waals surface area contributed by atoms with Gasteiger partial charge in [-0.3, -0.25) is 0 Å². The highest BCUT2D eigenvalue weighted by Gasteiger charge is 2.36. The first kappa shape index (κ1) is 16.0. The standard InChI is InChI=1S/C19H30N2O.H2/c1-20-13-17(14-21-11-7-2-3-8-12-21)19(22)18(15-20)16-9-5-4-6-10-16;/h4-6,9-10,17-19,22H,2-3,7-8,11-15H2,1H3;1H. The quantitative estimate of drug-likeness (QED) is 0.930. The molecule has 0 aliphatic carbocycles. The summed E-state index contributed by atoms with van der Waals surface area (Å²) in [6, 6.07) is 10.5. The highest BCUT2D eigenvalue weighted by molar-refractivity contribution is 5.22. The lowest BCUT2D eigenvalue weighted by Crippen LogP contribution is -2.50. The van der Waals surface area contributed by atoms with Crippen molar-refractivity contribution >= 4 is 0 Å². The fourth-order valence-corrected chi connectivity index (χ4v) is 4.17. The lowest BCUT2D eigenvalue weighted by molar-refractivity contribution is 0.000515. The smallest absolute Gasteiger partial charge is 0.0673 e. The molecule has 124 valence electrons. The Labute approximate surface area is 136 Å². The summed E-state index contributed by atoms with van der Waals surface area (Å²) in [5.74, 6) is 0.610. The highest BCUT2D eigenvalue weighted by atomic mass is 16.3. The Morgan fingerprint density at radius 1 is 1.05 bits per heavy atom. The molecular weight excluding hydrogens is 272 g/mol. The number of aliphatic hydroxyl groups is 1. The van der Waals surface area contributed by atoms with E-state index in [1.807, 2.05) is 0 Å². The molecule has 2 heterocycles. The molecule has 3 unspecified atom stereocenters. The number of hydrogen-bond acceptors (Lipinski definition) is 3. The summed E-state index contributed by atoms with van der Waals surface area (Å²) in [7, 11) is 2.19. The molecule has 3 nitrogen and oxygen atoms in total. The van der Waals surface area contributed by atoms with Crippen LogP contribution in [0, 0.1) is 5.92 Å². The molecule has 2 aliphatic heterocycles. The molecule has 2 saturated heterocycles. The van der Waals surface area contributed by atoms with Crippen molar-refractivity contribution in [3.63, 3.8) is 0 Å². The van der Waals surface area contributed by atoms with Gasteiger partial charge < -0.3 is 14.9 Å². The van der Waals surface area contributed by atoms with Crippen molar-refractivity contribution in [2.24, 2.45) is 5.92 Å². The Morgan fingerprint density at radius 2 is 1.73 bits per heavy atom. The van der Waals surface area contributed by atoms with E-state index in [1.54, 1.807) is 0 Å². The molecule has 0 spiro atoms. The summed E-state index contributed by atoms with van der Waals surface area (Å²) in [5.41, 5.74) is 1.28. The minimum absolute atomic E-state index is 0. The molecule has 0 radical (unpaired) electrons. The second kappa shape index (κ2) is 7.58. The van der Waals surface area contributed by atoms with Gasteiger partial charge >= 0.3 is 0 Å². The molecule has 1 aromatic carbocycles. The van der Waals surface area contributed by atoms with Crippen molar-refractivity contribution in [2.75, 3.05) is 39.8 Å². The van der Waals surface area contributed by atoms with Crippen molar-refractivity contribution in [3.8, 4) is 0 Å². The van der Waals surface area contributed by atoms with Gasteiger partial charge in [-0.2, -0.15) is 0 Å². The third kappa shape index (κ3) is 3.89. The van der Waals surface area contributed by atoms with Crippen LogP contribution in [0.2, 0.25) is 0 Å². The van der Waals surface area contributed by atoms with Gasteiger partial charge in [0.25, 0.3) is 0 Å². The first-order chi connectivity index (χ1) is 10.7. The molecule has 3 atom stereocenters. The summed E-state index contributed by atoms with van der Waals surface area (Å²) < 4.78 is 0. The van der Waals surface area contributed by atoms with Crippen molar-refractivity contribution in [2.45, 2.75) is 37.7 Å². The zero-order valence-corrected chi connectivity index (χ0v) is 13.8. The van der Waals surface area contributed by atoms with Gasteiger partial charge in [0, 0.05) is 32.9 Å². The van der Waals surface area contributed by atoms with E-state index in [0.29, 0.717) is 5.92 Å². The van der Waals surface area contributed by atoms with Crippen molar-refractivity contribution < 1.29 is 6.53 Å². The van der Waals surface area contributed by atoms with Crippen LogP contribution in [-0.4, -0.2) is 60.8 Å². The van der Waals surface area contributed by atoms with Crippen LogP contribution in [-0.2, 0) is 0 Å². The predicted molar refractivity (Wildman–Crippen MR) is 93.2 cm³/mol. The average molecular weight is 304 g/mol. The summed E-state index contributed by atoms with van der Waals surface area (Å²) in [6.45, 7) is 5.45. The number of hydrogen-bond donors (Lipinski definition) is 1. The van der Waals surface area contributed by atoms with Gasteiger partial charge in [-0.15, -0.1) is 0 Å². The van der Waals surface area contributed by atoms with Gasteiger partial charge in [-0.05, 0) is 38.5 Å². The summed E-state index contributed by atoms with van der Waals surface area (Å²) in [5, 5.41) is 10.9. The van der Waals surface area contributed by atoms with Gasteiger partial charge in [0.05, 0.1) is 6.10 Å². The molecule has 1 N–H and O–H groups in total. The second-order valence-electron chi connectivity index (χ2n) is 7.20. The average Bonchev–Trinajstić information content (AvgIpc) is 2.80. The third-order valence-corrected chi connectivity index (χ3v) is 5.37. The normalized spacial score (nSPS) is 31.8. The van der Waals surface area contributed by atoms with Gasteiger partial charge in [0.1, 0.15) is 0 Å². The minimum Gasteiger partial charge on any atom is -0.392 e. The highest BCUT2D eigenvalue weighted by Crippen LogP contribution is 2.31. The van der Waals surface area contributed by atoms with Crippen LogP contribution in [0.5, 0.6) is 0 Å². The zero-order valence-electron chi connectivity index (χ0n) is 13.8. The fraction of sp³-hybridized carbons (Fsp3) is 0.684. The second-order valence-corrected chi connectivity index (χ2v) is 7.20. The monoisotopic (exact) mass is 304 g/mol. The number of likely N-dealkylation sites (tertiary alicyclic amines) is 2. The number of likely N-dealkylation sites (N-methyl/N-ethyl adjacent to an activating group) is 1. The zero-order chi connectivity index (χ0) is 15.4. The van der Waals surface area contributed by atoms with E-state index in [0.717, 1.165) is 19.6 Å². The van der Waals surface area contributed by atoms with E-state index in [2.05, 4.69) is 47.2 Å². The number of rotatable bonds is 3. The number of aliphatic hydroxyl groups excluding tert-OH is 1. The maximum Gasteiger partial charge on any atom is 0.0673 e. The molecule has 2 aliphatic rings. The molecule has 22 heavy (non-hydrogen) atoms. The first-order valence-electron chi connectivity index (χ1n) is 8.88. The lowest BCUT2D eigenvalue weighted by Gasteiger charge is -2.42. The van der Waals surface area contributed by atoms with E-state index in [1.165, 1.54) is 44.3 Å². The SMILES string of the molecule is CN1CC(CN2CCCCCC2)C(O)C(c2ccccc2)C1.[HH].